The lowest BCUT2D eigenvalue weighted by Gasteiger charge is -2.39. The second kappa shape index (κ2) is 9.54. The number of hydrogen-bond acceptors (Lipinski definition) is 5. The maximum Gasteiger partial charge on any atom is 0.416 e. The third-order valence-corrected chi connectivity index (χ3v) is 6.54. The molecule has 5 rings (SSSR count). The van der Waals surface area contributed by atoms with Gasteiger partial charge in [0.15, 0.2) is 5.82 Å². The topological polar surface area (TPSA) is 58.6 Å². The number of amides is 1. The van der Waals surface area contributed by atoms with Crippen LogP contribution in [-0.4, -0.2) is 52.6 Å². The zero-order chi connectivity index (χ0) is 25.4. The maximum atomic E-state index is 13.2. The minimum Gasteiger partial charge on any atom is -0.372 e. The number of alkyl halides is 3. The van der Waals surface area contributed by atoms with Gasteiger partial charge in [-0.05, 0) is 38.1 Å². The molecule has 2 atom stereocenters. The predicted octanol–water partition coefficient (Wildman–Crippen LogP) is 4.97. The van der Waals surface area contributed by atoms with E-state index in [1.807, 2.05) is 44.2 Å². The quantitative estimate of drug-likeness (QED) is 0.512. The average molecular weight is 497 g/mol. The van der Waals surface area contributed by atoms with Crippen LogP contribution in [0.25, 0.3) is 11.4 Å². The number of morpholine rings is 1. The van der Waals surface area contributed by atoms with Crippen LogP contribution in [0.2, 0.25) is 0 Å². The summed E-state index contributed by atoms with van der Waals surface area (Å²) in [7, 11) is 0. The van der Waals surface area contributed by atoms with Gasteiger partial charge in [-0.3, -0.25) is 4.79 Å². The fraction of sp³-hybridized carbons (Fsp3) is 0.370. The number of halogens is 3. The summed E-state index contributed by atoms with van der Waals surface area (Å²) in [5.74, 6) is 1.11. The number of anilines is 1. The first-order valence-corrected chi connectivity index (χ1v) is 12.0. The summed E-state index contributed by atoms with van der Waals surface area (Å²) in [5, 5.41) is 0. The van der Waals surface area contributed by atoms with Gasteiger partial charge in [-0.1, -0.05) is 30.3 Å². The molecule has 3 heterocycles. The van der Waals surface area contributed by atoms with E-state index in [0.29, 0.717) is 38.4 Å². The fourth-order valence-corrected chi connectivity index (χ4v) is 4.88. The summed E-state index contributed by atoms with van der Waals surface area (Å²) >= 11 is 0. The van der Waals surface area contributed by atoms with E-state index in [-0.39, 0.29) is 23.7 Å². The molecule has 2 aliphatic heterocycles. The SMILES string of the molecule is CC1CN(c2nc(-c3ccccc3)nc3c2CN(C(=O)c2ccc(C(F)(F)F)cc2)CC3)CC(C)O1. The van der Waals surface area contributed by atoms with Gasteiger partial charge in [-0.15, -0.1) is 0 Å². The number of ether oxygens (including phenoxy) is 1. The molecule has 9 heteroatoms. The van der Waals surface area contributed by atoms with Gasteiger partial charge in [0.1, 0.15) is 5.82 Å². The first-order valence-electron chi connectivity index (χ1n) is 12.0. The Morgan fingerprint density at radius 2 is 1.64 bits per heavy atom. The van der Waals surface area contributed by atoms with Crippen LogP contribution in [0, 0.1) is 0 Å². The number of aromatic nitrogens is 2. The molecule has 0 aliphatic carbocycles. The van der Waals surface area contributed by atoms with Crippen molar-refractivity contribution in [2.24, 2.45) is 0 Å². The van der Waals surface area contributed by atoms with E-state index < -0.39 is 11.7 Å². The minimum atomic E-state index is -4.44. The van der Waals surface area contributed by atoms with Crippen molar-refractivity contribution in [1.29, 1.82) is 0 Å². The first kappa shape index (κ1) is 24.2. The monoisotopic (exact) mass is 496 g/mol. The number of rotatable bonds is 3. The number of carbonyl (C=O) groups excluding carboxylic acids is 1. The summed E-state index contributed by atoms with van der Waals surface area (Å²) in [6, 6.07) is 14.1. The average Bonchev–Trinajstić information content (AvgIpc) is 2.87. The molecule has 2 unspecified atom stereocenters. The standard InChI is InChI=1S/C27H27F3N4O2/c1-17-14-34(15-18(2)36-17)25-22-16-33(26(35)20-8-10-21(11-9-20)27(28,29)30)13-12-23(22)31-24(32-25)19-6-4-3-5-7-19/h3-11,17-18H,12-16H2,1-2H3. The van der Waals surface area contributed by atoms with Crippen LogP contribution in [0.4, 0.5) is 19.0 Å². The third kappa shape index (κ3) is 4.93. The number of carbonyl (C=O) groups is 1. The van der Waals surface area contributed by atoms with Crippen molar-refractivity contribution in [3.63, 3.8) is 0 Å². The van der Waals surface area contributed by atoms with E-state index >= 15 is 0 Å². The molecule has 1 aromatic heterocycles. The molecule has 2 aliphatic rings. The number of fused-ring (bicyclic) bond motifs is 1. The van der Waals surface area contributed by atoms with E-state index in [1.54, 1.807) is 4.90 Å². The van der Waals surface area contributed by atoms with Gasteiger partial charge >= 0.3 is 6.18 Å². The van der Waals surface area contributed by atoms with Gasteiger partial charge in [-0.2, -0.15) is 13.2 Å². The van der Waals surface area contributed by atoms with Crippen molar-refractivity contribution in [3.8, 4) is 11.4 Å². The molecule has 3 aromatic rings. The highest BCUT2D eigenvalue weighted by molar-refractivity contribution is 5.94. The Morgan fingerprint density at radius 1 is 0.972 bits per heavy atom. The summed E-state index contributed by atoms with van der Waals surface area (Å²) in [4.78, 5) is 26.9. The van der Waals surface area contributed by atoms with E-state index in [4.69, 9.17) is 14.7 Å². The Balaban J connectivity index is 1.48. The molecule has 2 aromatic carbocycles. The molecule has 1 amide bonds. The Hall–Kier alpha value is -3.46. The molecule has 0 radical (unpaired) electrons. The zero-order valence-electron chi connectivity index (χ0n) is 20.1. The molecule has 0 bridgehead atoms. The van der Waals surface area contributed by atoms with Crippen LogP contribution in [0.1, 0.15) is 41.0 Å². The Kier molecular flexibility index (Phi) is 6.42. The molecule has 0 spiro atoms. The van der Waals surface area contributed by atoms with Gasteiger partial charge in [0, 0.05) is 42.7 Å². The highest BCUT2D eigenvalue weighted by atomic mass is 19.4. The molecule has 0 N–H and O–H groups in total. The van der Waals surface area contributed by atoms with Crippen LogP contribution in [0.5, 0.6) is 0 Å². The van der Waals surface area contributed by atoms with Crippen LogP contribution in [0.3, 0.4) is 0 Å². The van der Waals surface area contributed by atoms with E-state index in [1.165, 1.54) is 12.1 Å². The molecule has 36 heavy (non-hydrogen) atoms. The van der Waals surface area contributed by atoms with Crippen molar-refractivity contribution in [2.75, 3.05) is 24.5 Å². The largest absolute Gasteiger partial charge is 0.416 e. The summed E-state index contributed by atoms with van der Waals surface area (Å²) in [6.45, 7) is 6.08. The lowest BCUT2D eigenvalue weighted by Crippen LogP contribution is -2.47. The van der Waals surface area contributed by atoms with Crippen molar-refractivity contribution in [3.05, 3.63) is 77.0 Å². The molecule has 0 saturated carbocycles. The zero-order valence-corrected chi connectivity index (χ0v) is 20.1. The van der Waals surface area contributed by atoms with Crippen LogP contribution in [-0.2, 0) is 23.9 Å². The van der Waals surface area contributed by atoms with Crippen LogP contribution in [0.15, 0.2) is 54.6 Å². The summed E-state index contributed by atoms with van der Waals surface area (Å²) < 4.78 is 44.8. The second-order valence-electron chi connectivity index (χ2n) is 9.38. The minimum absolute atomic E-state index is 0.0213. The smallest absolute Gasteiger partial charge is 0.372 e. The molecular weight excluding hydrogens is 469 g/mol. The highest BCUT2D eigenvalue weighted by Crippen LogP contribution is 2.33. The van der Waals surface area contributed by atoms with E-state index in [9.17, 15) is 18.0 Å². The summed E-state index contributed by atoms with van der Waals surface area (Å²) in [6.07, 6.45) is -3.87. The number of nitrogens with zero attached hydrogens (tertiary/aromatic N) is 4. The van der Waals surface area contributed by atoms with Crippen LogP contribution >= 0.6 is 0 Å². The van der Waals surface area contributed by atoms with Crippen LogP contribution < -0.4 is 4.90 Å². The first-order chi connectivity index (χ1) is 17.2. The van der Waals surface area contributed by atoms with E-state index in [0.717, 1.165) is 34.8 Å². The van der Waals surface area contributed by atoms with Crippen molar-refractivity contribution >= 4 is 11.7 Å². The van der Waals surface area contributed by atoms with Gasteiger partial charge in [-0.25, -0.2) is 9.97 Å². The van der Waals surface area contributed by atoms with Crippen molar-refractivity contribution in [2.45, 2.75) is 45.2 Å². The lowest BCUT2D eigenvalue weighted by molar-refractivity contribution is -0.137. The molecule has 1 saturated heterocycles. The lowest BCUT2D eigenvalue weighted by atomic mass is 10.0. The maximum absolute atomic E-state index is 13.2. The normalized spacial score (nSPS) is 20.2. The van der Waals surface area contributed by atoms with Gasteiger partial charge < -0.3 is 14.5 Å². The molecule has 1 fully saturated rings. The van der Waals surface area contributed by atoms with E-state index in [2.05, 4.69) is 4.90 Å². The number of hydrogen-bond donors (Lipinski definition) is 0. The third-order valence-electron chi connectivity index (χ3n) is 6.54. The number of benzene rings is 2. The van der Waals surface area contributed by atoms with Gasteiger partial charge in [0.25, 0.3) is 5.91 Å². The molecule has 6 nitrogen and oxygen atoms in total. The molecular formula is C27H27F3N4O2. The Bertz CT molecular complexity index is 1240. The second-order valence-corrected chi connectivity index (χ2v) is 9.38. The van der Waals surface area contributed by atoms with Gasteiger partial charge in [0.2, 0.25) is 0 Å². The molecule has 188 valence electrons. The fourth-order valence-electron chi connectivity index (χ4n) is 4.88. The Labute approximate surface area is 207 Å². The predicted molar refractivity (Wildman–Crippen MR) is 130 cm³/mol. The van der Waals surface area contributed by atoms with Crippen molar-refractivity contribution in [1.82, 2.24) is 14.9 Å². The van der Waals surface area contributed by atoms with Gasteiger partial charge in [0.05, 0.1) is 30.0 Å². The Morgan fingerprint density at radius 3 is 2.28 bits per heavy atom. The van der Waals surface area contributed by atoms with Crippen molar-refractivity contribution < 1.29 is 22.7 Å². The highest BCUT2D eigenvalue weighted by Gasteiger charge is 2.33. The summed E-state index contributed by atoms with van der Waals surface area (Å²) in [5.41, 5.74) is 2.13.